The molecule has 1 aliphatic heterocycles. The van der Waals surface area contributed by atoms with Gasteiger partial charge in [0.15, 0.2) is 0 Å². The Morgan fingerprint density at radius 3 is 2.39 bits per heavy atom. The van der Waals surface area contributed by atoms with E-state index in [1.807, 2.05) is 13.8 Å². The lowest BCUT2D eigenvalue weighted by molar-refractivity contribution is -0.140. The molecular weight excluding hydrogens is 526 g/mol. The van der Waals surface area contributed by atoms with E-state index in [2.05, 4.69) is 16.0 Å². The molecule has 38 heavy (non-hydrogen) atoms. The first-order valence-electron chi connectivity index (χ1n) is 13.2. The second-order valence-electron chi connectivity index (χ2n) is 9.83. The normalized spacial score (nSPS) is 18.5. The molecule has 1 saturated heterocycles. The van der Waals surface area contributed by atoms with Gasteiger partial charge in [0.1, 0.15) is 23.1 Å². The zero-order valence-electron chi connectivity index (χ0n) is 22.7. The molecule has 9 nitrogen and oxygen atoms in total. The number of likely N-dealkylation sites (N-methyl/N-ethyl adjacent to an activating group) is 1. The number of ether oxygens (including phenoxy) is 1. The molecule has 2 rings (SSSR count). The molecule has 4 atom stereocenters. The molecule has 0 aliphatic carbocycles. The monoisotopic (exact) mass is 567 g/mol. The van der Waals surface area contributed by atoms with Gasteiger partial charge >= 0.3 is 0 Å². The van der Waals surface area contributed by atoms with Gasteiger partial charge in [0.2, 0.25) is 17.6 Å². The molecule has 3 amide bonds. The highest BCUT2D eigenvalue weighted by Crippen LogP contribution is 2.33. The van der Waals surface area contributed by atoms with Gasteiger partial charge in [-0.15, -0.1) is 0 Å². The van der Waals surface area contributed by atoms with Crippen molar-refractivity contribution >= 4 is 44.5 Å². The van der Waals surface area contributed by atoms with Crippen LogP contribution in [0.25, 0.3) is 0 Å². The lowest BCUT2D eigenvalue weighted by Crippen LogP contribution is -2.54. The van der Waals surface area contributed by atoms with Crippen LogP contribution in [-0.4, -0.2) is 64.8 Å². The van der Waals surface area contributed by atoms with E-state index in [-0.39, 0.29) is 36.5 Å². The van der Waals surface area contributed by atoms with Gasteiger partial charge in [0, 0.05) is 41.8 Å². The number of methoxy groups -OCH3 is 1. The van der Waals surface area contributed by atoms with Gasteiger partial charge in [-0.1, -0.05) is 26.0 Å². The third-order valence-electron chi connectivity index (χ3n) is 6.24. The van der Waals surface area contributed by atoms with Gasteiger partial charge in [-0.05, 0) is 56.2 Å². The van der Waals surface area contributed by atoms with Gasteiger partial charge < -0.3 is 25.2 Å². The van der Waals surface area contributed by atoms with Crippen LogP contribution < -0.4 is 20.7 Å². The van der Waals surface area contributed by atoms with Crippen LogP contribution in [0, 0.1) is 5.92 Å². The highest BCUT2D eigenvalue weighted by molar-refractivity contribution is 8.72. The minimum Gasteiger partial charge on any atom is -0.605 e. The minimum atomic E-state index is -1.08. The summed E-state index contributed by atoms with van der Waals surface area (Å²) in [4.78, 5) is 51.2. The Morgan fingerprint density at radius 2 is 1.82 bits per heavy atom. The summed E-state index contributed by atoms with van der Waals surface area (Å²) in [6, 6.07) is 5.12. The first-order valence-corrected chi connectivity index (χ1v) is 15.9. The molecule has 1 aromatic carbocycles. The summed E-state index contributed by atoms with van der Waals surface area (Å²) in [5.74, 6) is -0.563. The standard InChI is InChI=1S/C27H41N3O6S2/c1-5-28-27(34)25(32)22(17-19-10-12-20(36-4)13-11-19)30-26(33)23(16-18(2)3)29-24(31)9-7-6-8-21-14-15-37-38(21)35/h10-13,18,21-23H,5-9,14-17H2,1-4H3,(H,28,34)(H,29,31)(H,30,33)/t21?,22-,23-,38?/m0/s1. The second-order valence-corrected chi connectivity index (χ2v) is 13.3. The summed E-state index contributed by atoms with van der Waals surface area (Å²) >= 11 is 0. The fourth-order valence-electron chi connectivity index (χ4n) is 4.21. The molecule has 1 aliphatic rings. The fraction of sp³-hybridized carbons (Fsp3) is 0.630. The van der Waals surface area contributed by atoms with Crippen molar-refractivity contribution in [3.05, 3.63) is 29.8 Å². The number of hydrogen-bond acceptors (Lipinski definition) is 7. The number of amides is 3. The summed E-state index contributed by atoms with van der Waals surface area (Å²) in [5.41, 5.74) is 0.750. The van der Waals surface area contributed by atoms with Crippen molar-refractivity contribution in [2.45, 2.75) is 83.1 Å². The summed E-state index contributed by atoms with van der Waals surface area (Å²) in [6.45, 7) is 5.89. The van der Waals surface area contributed by atoms with Gasteiger partial charge in [0.25, 0.3) is 5.91 Å². The Hall–Kier alpha value is -2.24. The van der Waals surface area contributed by atoms with Gasteiger partial charge in [-0.25, -0.2) is 0 Å². The Kier molecular flexibility index (Phi) is 14.0. The fourth-order valence-corrected chi connectivity index (χ4v) is 7.70. The minimum absolute atomic E-state index is 0.111. The summed E-state index contributed by atoms with van der Waals surface area (Å²) < 4.78 is 17.1. The second kappa shape index (κ2) is 16.7. The van der Waals surface area contributed by atoms with Crippen molar-refractivity contribution in [2.24, 2.45) is 5.92 Å². The number of carbonyl (C=O) groups is 4. The molecule has 0 saturated carbocycles. The molecule has 3 N–H and O–H groups in total. The van der Waals surface area contributed by atoms with Crippen LogP contribution in [-0.2, 0) is 35.8 Å². The molecule has 0 aromatic heterocycles. The van der Waals surface area contributed by atoms with E-state index in [0.29, 0.717) is 18.6 Å². The van der Waals surface area contributed by atoms with Crippen molar-refractivity contribution in [2.75, 3.05) is 19.4 Å². The number of carbonyl (C=O) groups excluding carboxylic acids is 4. The number of rotatable bonds is 16. The van der Waals surface area contributed by atoms with E-state index >= 15 is 0 Å². The SMILES string of the molecule is CCNC(=O)C(=O)[C@H](Cc1ccc(OC)cc1)NC(=O)[C@H](CC(C)C)NC(=O)CCCCC1CCS[S+]1[O-]. The van der Waals surface area contributed by atoms with Gasteiger partial charge in [0.05, 0.1) is 17.9 Å². The molecule has 1 aromatic rings. The van der Waals surface area contributed by atoms with Crippen LogP contribution in [0.15, 0.2) is 24.3 Å². The van der Waals surface area contributed by atoms with E-state index in [0.717, 1.165) is 30.6 Å². The summed E-state index contributed by atoms with van der Waals surface area (Å²) in [6.07, 6.45) is 4.01. The number of hydrogen-bond donors (Lipinski definition) is 3. The molecular formula is C27H41N3O6S2. The Labute approximate surface area is 232 Å². The third-order valence-corrected chi connectivity index (χ3v) is 9.91. The quantitative estimate of drug-likeness (QED) is 0.121. The van der Waals surface area contributed by atoms with E-state index < -0.39 is 39.9 Å². The molecule has 0 spiro atoms. The number of unbranched alkanes of at least 4 members (excludes halogenated alkanes) is 1. The van der Waals surface area contributed by atoms with E-state index in [9.17, 15) is 23.7 Å². The first-order chi connectivity index (χ1) is 18.1. The Bertz CT molecular complexity index is 928. The first kappa shape index (κ1) is 32.0. The van der Waals surface area contributed by atoms with Crippen LogP contribution in [0.2, 0.25) is 0 Å². The maximum absolute atomic E-state index is 13.3. The lowest BCUT2D eigenvalue weighted by Gasteiger charge is -2.24. The maximum Gasteiger partial charge on any atom is 0.289 e. The third kappa shape index (κ3) is 10.9. The summed E-state index contributed by atoms with van der Waals surface area (Å²) in [5, 5.41) is 8.24. The van der Waals surface area contributed by atoms with E-state index in [1.165, 1.54) is 10.8 Å². The molecule has 212 valence electrons. The van der Waals surface area contributed by atoms with E-state index in [4.69, 9.17) is 4.74 Å². The predicted molar refractivity (Wildman–Crippen MR) is 151 cm³/mol. The van der Waals surface area contributed by atoms with E-state index in [1.54, 1.807) is 38.3 Å². The Balaban J connectivity index is 2.02. The molecule has 11 heteroatoms. The number of benzene rings is 1. The topological polar surface area (TPSA) is 137 Å². The smallest absolute Gasteiger partial charge is 0.289 e. The highest BCUT2D eigenvalue weighted by atomic mass is 33.1. The van der Waals surface area contributed by atoms with Gasteiger partial charge in [-0.2, -0.15) is 0 Å². The van der Waals surface area contributed by atoms with Gasteiger partial charge in [-0.3, -0.25) is 19.2 Å². The average molecular weight is 568 g/mol. The zero-order valence-corrected chi connectivity index (χ0v) is 24.4. The highest BCUT2D eigenvalue weighted by Gasteiger charge is 2.32. The zero-order chi connectivity index (χ0) is 28.1. The molecule has 2 unspecified atom stereocenters. The maximum atomic E-state index is 13.3. The van der Waals surface area contributed by atoms with Crippen LogP contribution in [0.3, 0.4) is 0 Å². The number of Topliss-reactive ketones (excluding diaryl/α,β-unsaturated/α-hetero) is 1. The van der Waals surface area contributed by atoms with Crippen molar-refractivity contribution in [3.63, 3.8) is 0 Å². The van der Waals surface area contributed by atoms with Crippen LogP contribution >= 0.6 is 10.8 Å². The molecule has 1 heterocycles. The molecule has 1 fully saturated rings. The van der Waals surface area contributed by atoms with Crippen molar-refractivity contribution in [1.29, 1.82) is 0 Å². The molecule has 0 bridgehead atoms. The number of ketones is 1. The Morgan fingerprint density at radius 1 is 1.11 bits per heavy atom. The van der Waals surface area contributed by atoms with Crippen molar-refractivity contribution in [3.8, 4) is 5.75 Å². The average Bonchev–Trinajstić information content (AvgIpc) is 3.30. The van der Waals surface area contributed by atoms with Crippen LogP contribution in [0.1, 0.15) is 64.9 Å². The van der Waals surface area contributed by atoms with Crippen LogP contribution in [0.4, 0.5) is 0 Å². The van der Waals surface area contributed by atoms with Crippen LogP contribution in [0.5, 0.6) is 5.75 Å². The van der Waals surface area contributed by atoms with Crippen molar-refractivity contribution < 1.29 is 28.5 Å². The summed E-state index contributed by atoms with van der Waals surface area (Å²) in [7, 11) is 2.22. The number of nitrogens with one attached hydrogen (secondary N) is 3. The largest absolute Gasteiger partial charge is 0.605 e. The van der Waals surface area contributed by atoms with Crippen molar-refractivity contribution in [1.82, 2.24) is 16.0 Å². The lowest BCUT2D eigenvalue weighted by atomic mass is 9.99. The molecule has 0 radical (unpaired) electrons. The predicted octanol–water partition coefficient (Wildman–Crippen LogP) is 2.69.